The Hall–Kier alpha value is -3.48. The lowest BCUT2D eigenvalue weighted by molar-refractivity contribution is 0.0995. The Morgan fingerprint density at radius 2 is 1.96 bits per heavy atom. The van der Waals surface area contributed by atoms with Crippen molar-refractivity contribution in [2.24, 2.45) is 12.8 Å². The minimum atomic E-state index is -0.516. The van der Waals surface area contributed by atoms with Crippen molar-refractivity contribution >= 4 is 11.6 Å². The highest BCUT2D eigenvalue weighted by Gasteiger charge is 2.19. The highest BCUT2D eigenvalue weighted by molar-refractivity contribution is 5.92. The number of hydrogen-bond acceptors (Lipinski definition) is 4. The number of aryl methyl sites for hydroxylation is 2. The van der Waals surface area contributed by atoms with Crippen LogP contribution in [-0.2, 0) is 7.05 Å². The summed E-state index contributed by atoms with van der Waals surface area (Å²) in [6, 6.07) is 9.70. The maximum atomic E-state index is 11.7. The second-order valence-electron chi connectivity index (χ2n) is 6.25. The number of carbonyl (C=O) groups excluding carboxylic acids is 1. The second kappa shape index (κ2) is 5.80. The number of nitrogens with two attached hydrogens (primary N) is 1. The Kier molecular flexibility index (Phi) is 3.57. The molecule has 7 nitrogen and oxygen atoms in total. The van der Waals surface area contributed by atoms with Gasteiger partial charge in [0.1, 0.15) is 17.0 Å². The molecule has 26 heavy (non-hydrogen) atoms. The molecule has 130 valence electrons. The smallest absolute Gasteiger partial charge is 0.267 e. The molecule has 4 aromatic heterocycles. The zero-order valence-electron chi connectivity index (χ0n) is 14.8. The fraction of sp³-hybridized carbons (Fsp3) is 0.158. The summed E-state index contributed by atoms with van der Waals surface area (Å²) in [4.78, 5) is 20.5. The molecule has 0 aliphatic carbocycles. The van der Waals surface area contributed by atoms with Crippen molar-refractivity contribution < 1.29 is 4.79 Å². The number of hydrogen-bond donors (Lipinski definition) is 1. The van der Waals surface area contributed by atoms with E-state index >= 15 is 0 Å². The third-order valence-corrected chi connectivity index (χ3v) is 4.51. The van der Waals surface area contributed by atoms with E-state index in [-0.39, 0.29) is 0 Å². The van der Waals surface area contributed by atoms with Crippen LogP contribution in [0.5, 0.6) is 0 Å². The lowest BCUT2D eigenvalue weighted by atomic mass is 10.0. The van der Waals surface area contributed by atoms with Gasteiger partial charge >= 0.3 is 0 Å². The monoisotopic (exact) mass is 346 g/mol. The fourth-order valence-corrected chi connectivity index (χ4v) is 3.12. The van der Waals surface area contributed by atoms with E-state index in [2.05, 4.69) is 15.1 Å². The largest absolute Gasteiger partial charge is 0.364 e. The van der Waals surface area contributed by atoms with Crippen molar-refractivity contribution in [1.82, 2.24) is 24.1 Å². The van der Waals surface area contributed by atoms with Gasteiger partial charge in [0.05, 0.1) is 11.9 Å². The van der Waals surface area contributed by atoms with Crippen molar-refractivity contribution in [2.45, 2.75) is 13.8 Å². The van der Waals surface area contributed by atoms with Gasteiger partial charge in [0.15, 0.2) is 0 Å². The first-order valence-electron chi connectivity index (χ1n) is 8.20. The van der Waals surface area contributed by atoms with Gasteiger partial charge in [-0.2, -0.15) is 5.10 Å². The van der Waals surface area contributed by atoms with Gasteiger partial charge in [-0.3, -0.25) is 18.9 Å². The first-order valence-corrected chi connectivity index (χ1v) is 8.20. The number of rotatable bonds is 3. The van der Waals surface area contributed by atoms with Crippen molar-refractivity contribution in [2.75, 3.05) is 0 Å². The maximum absolute atomic E-state index is 11.7. The van der Waals surface area contributed by atoms with Crippen LogP contribution in [0.3, 0.4) is 0 Å². The van der Waals surface area contributed by atoms with E-state index < -0.39 is 5.91 Å². The van der Waals surface area contributed by atoms with Gasteiger partial charge in [-0.05, 0) is 38.1 Å². The first kappa shape index (κ1) is 16.0. The molecule has 0 aliphatic rings. The summed E-state index contributed by atoms with van der Waals surface area (Å²) in [7, 11) is 1.91. The molecule has 0 aliphatic heterocycles. The van der Waals surface area contributed by atoms with Crippen LogP contribution < -0.4 is 5.73 Å². The summed E-state index contributed by atoms with van der Waals surface area (Å²) in [6.45, 7) is 3.96. The van der Waals surface area contributed by atoms with Crippen LogP contribution >= 0.6 is 0 Å². The Labute approximate surface area is 150 Å². The van der Waals surface area contributed by atoms with E-state index in [1.165, 1.54) is 6.20 Å². The molecule has 4 heterocycles. The van der Waals surface area contributed by atoms with Crippen LogP contribution in [0.1, 0.15) is 21.9 Å². The first-order chi connectivity index (χ1) is 12.5. The molecular formula is C19H18N6O. The van der Waals surface area contributed by atoms with Gasteiger partial charge in [0.25, 0.3) is 5.91 Å². The molecule has 7 heteroatoms. The maximum Gasteiger partial charge on any atom is 0.267 e. The average Bonchev–Trinajstić information content (AvgIpc) is 3.16. The molecule has 4 aromatic rings. The molecule has 0 fully saturated rings. The minimum Gasteiger partial charge on any atom is -0.364 e. The number of amides is 1. The molecular weight excluding hydrogens is 328 g/mol. The van der Waals surface area contributed by atoms with Crippen molar-refractivity contribution in [1.29, 1.82) is 0 Å². The number of nitrogens with zero attached hydrogens (tertiary/aromatic N) is 5. The zero-order valence-corrected chi connectivity index (χ0v) is 14.8. The summed E-state index contributed by atoms with van der Waals surface area (Å²) in [6.07, 6.45) is 3.35. The summed E-state index contributed by atoms with van der Waals surface area (Å²) < 4.78 is 3.54. The number of carbonyl (C=O) groups is 1. The predicted octanol–water partition coefficient (Wildman–Crippen LogP) is 2.51. The number of fused-ring (bicyclic) bond motifs is 1. The molecule has 0 spiro atoms. The molecule has 0 bridgehead atoms. The quantitative estimate of drug-likeness (QED) is 0.617. The topological polar surface area (TPSA) is 91.1 Å². The Bertz CT molecular complexity index is 1150. The summed E-state index contributed by atoms with van der Waals surface area (Å²) >= 11 is 0. The third-order valence-electron chi connectivity index (χ3n) is 4.51. The molecule has 0 aromatic carbocycles. The van der Waals surface area contributed by atoms with Crippen molar-refractivity contribution in [3.63, 3.8) is 0 Å². The molecule has 0 saturated heterocycles. The van der Waals surface area contributed by atoms with Crippen LogP contribution in [0, 0.1) is 13.8 Å². The van der Waals surface area contributed by atoms with Gasteiger partial charge in [0, 0.05) is 35.8 Å². The SMILES string of the molecule is Cc1cccc(-c2nn(C)c(C)c2-c2ccc3ncc(C(N)=O)n3c2)n1. The van der Waals surface area contributed by atoms with Gasteiger partial charge in [-0.1, -0.05) is 6.07 Å². The van der Waals surface area contributed by atoms with E-state index in [0.29, 0.717) is 11.3 Å². The molecule has 4 rings (SSSR count). The average molecular weight is 346 g/mol. The molecule has 1 amide bonds. The molecule has 0 radical (unpaired) electrons. The standard InChI is InChI=1S/C19H18N6O/c1-11-5-4-6-14(22-11)18-17(12(2)24(3)23-18)13-7-8-16-21-9-15(19(20)26)25(16)10-13/h4-10H,1-3H3,(H2,20,26). The molecule has 0 unspecified atom stereocenters. The number of pyridine rings is 2. The van der Waals surface area contributed by atoms with E-state index in [1.807, 2.05) is 62.1 Å². The Morgan fingerprint density at radius 1 is 1.15 bits per heavy atom. The predicted molar refractivity (Wildman–Crippen MR) is 98.6 cm³/mol. The Morgan fingerprint density at radius 3 is 2.69 bits per heavy atom. The molecule has 0 atom stereocenters. The summed E-state index contributed by atoms with van der Waals surface area (Å²) in [5.41, 5.74) is 11.9. The summed E-state index contributed by atoms with van der Waals surface area (Å²) in [5, 5.41) is 4.66. The fourth-order valence-electron chi connectivity index (χ4n) is 3.12. The van der Waals surface area contributed by atoms with Crippen LogP contribution in [-0.4, -0.2) is 30.1 Å². The van der Waals surface area contributed by atoms with Crippen LogP contribution in [0.25, 0.3) is 28.2 Å². The lowest BCUT2D eigenvalue weighted by Gasteiger charge is -2.07. The van der Waals surface area contributed by atoms with Crippen molar-refractivity contribution in [3.05, 3.63) is 59.8 Å². The normalized spacial score (nSPS) is 11.2. The van der Waals surface area contributed by atoms with E-state index in [1.54, 1.807) is 4.40 Å². The van der Waals surface area contributed by atoms with Gasteiger partial charge in [-0.15, -0.1) is 0 Å². The van der Waals surface area contributed by atoms with Gasteiger partial charge in [-0.25, -0.2) is 4.98 Å². The summed E-state index contributed by atoms with van der Waals surface area (Å²) in [5.74, 6) is -0.516. The van der Waals surface area contributed by atoms with E-state index in [0.717, 1.165) is 33.9 Å². The second-order valence-corrected chi connectivity index (χ2v) is 6.25. The Balaban J connectivity index is 1.97. The number of aromatic nitrogens is 5. The zero-order chi connectivity index (χ0) is 18.4. The van der Waals surface area contributed by atoms with E-state index in [4.69, 9.17) is 5.73 Å². The van der Waals surface area contributed by atoms with Crippen LogP contribution in [0.15, 0.2) is 42.7 Å². The minimum absolute atomic E-state index is 0.346. The van der Waals surface area contributed by atoms with Crippen LogP contribution in [0.4, 0.5) is 0 Å². The van der Waals surface area contributed by atoms with Gasteiger partial charge in [0.2, 0.25) is 0 Å². The number of imidazole rings is 1. The third kappa shape index (κ3) is 2.45. The van der Waals surface area contributed by atoms with Crippen LogP contribution in [0.2, 0.25) is 0 Å². The highest BCUT2D eigenvalue weighted by Crippen LogP contribution is 2.33. The highest BCUT2D eigenvalue weighted by atomic mass is 16.1. The van der Waals surface area contributed by atoms with E-state index in [9.17, 15) is 4.79 Å². The van der Waals surface area contributed by atoms with Gasteiger partial charge < -0.3 is 5.73 Å². The lowest BCUT2D eigenvalue weighted by Crippen LogP contribution is -2.13. The molecule has 2 N–H and O–H groups in total. The number of primary amides is 1. The van der Waals surface area contributed by atoms with Crippen molar-refractivity contribution in [3.8, 4) is 22.5 Å². The molecule has 0 saturated carbocycles.